The molecule has 2 heterocycles. The first-order valence-electron chi connectivity index (χ1n) is 11.0. The predicted octanol–water partition coefficient (Wildman–Crippen LogP) is 1.42. The Hall–Kier alpha value is -4.01. The van der Waals surface area contributed by atoms with E-state index in [-0.39, 0.29) is 30.3 Å². The van der Waals surface area contributed by atoms with Gasteiger partial charge < -0.3 is 15.5 Å². The normalized spacial score (nSPS) is 17.0. The third-order valence-corrected chi connectivity index (χ3v) is 5.93. The minimum atomic E-state index is -0.675. The van der Waals surface area contributed by atoms with Crippen LogP contribution in [0.2, 0.25) is 0 Å². The molecule has 2 aromatic carbocycles. The molecule has 0 saturated heterocycles. The van der Waals surface area contributed by atoms with Gasteiger partial charge in [-0.15, -0.1) is 0 Å². The molecule has 3 aromatic rings. The molecule has 1 unspecified atom stereocenters. The van der Waals surface area contributed by atoms with Gasteiger partial charge in [-0.05, 0) is 35.6 Å². The van der Waals surface area contributed by atoms with E-state index in [4.69, 9.17) is 0 Å². The molecule has 2 aliphatic rings. The van der Waals surface area contributed by atoms with Gasteiger partial charge in [0.25, 0.3) is 5.91 Å². The molecule has 0 radical (unpaired) electrons. The summed E-state index contributed by atoms with van der Waals surface area (Å²) in [5.41, 5.74) is 3.31. The summed E-state index contributed by atoms with van der Waals surface area (Å²) in [5.74, 6) is -0.719. The Labute approximate surface area is 190 Å². The van der Waals surface area contributed by atoms with E-state index in [9.17, 15) is 14.4 Å². The van der Waals surface area contributed by atoms with E-state index < -0.39 is 6.04 Å². The zero-order chi connectivity index (χ0) is 22.8. The maximum atomic E-state index is 12.9. The van der Waals surface area contributed by atoms with Gasteiger partial charge in [-0.2, -0.15) is 5.10 Å². The second-order valence-electron chi connectivity index (χ2n) is 8.34. The van der Waals surface area contributed by atoms with Gasteiger partial charge >= 0.3 is 0 Å². The number of aromatic nitrogens is 3. The third-order valence-electron chi connectivity index (χ3n) is 5.93. The zero-order valence-corrected chi connectivity index (χ0v) is 18.0. The van der Waals surface area contributed by atoms with Gasteiger partial charge in [0.2, 0.25) is 11.8 Å². The minimum Gasteiger partial charge on any atom is -0.350 e. The molecule has 33 heavy (non-hydrogen) atoms. The van der Waals surface area contributed by atoms with E-state index >= 15 is 0 Å². The van der Waals surface area contributed by atoms with E-state index in [0.29, 0.717) is 24.2 Å². The summed E-state index contributed by atoms with van der Waals surface area (Å²) < 4.78 is 1.74. The number of rotatable bonds is 8. The van der Waals surface area contributed by atoms with Crippen LogP contribution in [0.25, 0.3) is 0 Å². The molecule has 1 fully saturated rings. The summed E-state index contributed by atoms with van der Waals surface area (Å²) in [6.07, 6.45) is 4.96. The van der Waals surface area contributed by atoms with Crippen molar-refractivity contribution >= 4 is 17.7 Å². The molecular weight excluding hydrogens is 420 g/mol. The molecule has 9 nitrogen and oxygen atoms in total. The fourth-order valence-corrected chi connectivity index (χ4v) is 4.12. The van der Waals surface area contributed by atoms with E-state index in [1.165, 1.54) is 6.33 Å². The van der Waals surface area contributed by atoms with Crippen molar-refractivity contribution in [3.8, 4) is 0 Å². The highest BCUT2D eigenvalue weighted by Gasteiger charge is 2.47. The van der Waals surface area contributed by atoms with Crippen molar-refractivity contribution < 1.29 is 14.4 Å². The van der Waals surface area contributed by atoms with Crippen molar-refractivity contribution in [2.45, 2.75) is 38.0 Å². The van der Waals surface area contributed by atoms with Crippen molar-refractivity contribution in [3.63, 3.8) is 0 Å². The van der Waals surface area contributed by atoms with Crippen molar-refractivity contribution in [2.75, 3.05) is 6.54 Å². The molecule has 1 atom stereocenters. The smallest absolute Gasteiger partial charge is 0.255 e. The Morgan fingerprint density at radius 2 is 1.76 bits per heavy atom. The van der Waals surface area contributed by atoms with E-state index in [0.717, 1.165) is 24.0 Å². The fourth-order valence-electron chi connectivity index (χ4n) is 4.12. The number of nitrogens with one attached hydrogen (secondary N) is 2. The number of amides is 3. The van der Waals surface area contributed by atoms with Crippen LogP contribution in [-0.2, 0) is 22.7 Å². The first kappa shape index (κ1) is 20.9. The standard InChI is InChI=1S/C24H24N6O3/c31-21(26-11-16-5-7-17(8-6-16)13-29-15-25-14-28-29)12-27-23(32)22-19-3-1-2-4-20(19)24(33)30(22)18-9-10-18/h1-8,14-15,18,22H,9-13H2,(H,26,31)(H,27,32). The minimum absolute atomic E-state index is 0.0991. The Balaban J connectivity index is 1.13. The lowest BCUT2D eigenvalue weighted by Crippen LogP contribution is -2.43. The van der Waals surface area contributed by atoms with Gasteiger partial charge in [-0.25, -0.2) is 9.67 Å². The Morgan fingerprint density at radius 1 is 1.00 bits per heavy atom. The molecule has 2 N–H and O–H groups in total. The van der Waals surface area contributed by atoms with Crippen molar-refractivity contribution in [1.29, 1.82) is 0 Å². The largest absolute Gasteiger partial charge is 0.350 e. The Kier molecular flexibility index (Phi) is 5.60. The summed E-state index contributed by atoms with van der Waals surface area (Å²) in [5, 5.41) is 9.61. The van der Waals surface area contributed by atoms with Gasteiger partial charge in [-0.3, -0.25) is 14.4 Å². The third kappa shape index (κ3) is 4.48. The molecule has 1 aliphatic carbocycles. The van der Waals surface area contributed by atoms with Gasteiger partial charge in [-0.1, -0.05) is 42.5 Å². The second-order valence-corrected chi connectivity index (χ2v) is 8.34. The molecule has 9 heteroatoms. The number of carbonyl (C=O) groups excluding carboxylic acids is 3. The highest BCUT2D eigenvalue weighted by molar-refractivity contribution is 6.05. The second kappa shape index (κ2) is 8.85. The molecule has 0 spiro atoms. The Bertz CT molecular complexity index is 1170. The van der Waals surface area contributed by atoms with E-state index in [1.54, 1.807) is 28.0 Å². The van der Waals surface area contributed by atoms with Crippen LogP contribution in [-0.4, -0.2) is 50.0 Å². The van der Waals surface area contributed by atoms with Crippen LogP contribution >= 0.6 is 0 Å². The van der Waals surface area contributed by atoms with Crippen molar-refractivity contribution in [1.82, 2.24) is 30.3 Å². The first-order valence-corrected chi connectivity index (χ1v) is 11.0. The van der Waals surface area contributed by atoms with Crippen LogP contribution in [0.4, 0.5) is 0 Å². The number of hydrogen-bond acceptors (Lipinski definition) is 5. The van der Waals surface area contributed by atoms with Crippen LogP contribution in [0.1, 0.15) is 45.9 Å². The number of fused-ring (bicyclic) bond motifs is 1. The summed E-state index contributed by atoms with van der Waals surface area (Å²) in [6, 6.07) is 14.5. The molecule has 1 aliphatic heterocycles. The zero-order valence-electron chi connectivity index (χ0n) is 18.0. The van der Waals surface area contributed by atoms with Crippen molar-refractivity contribution in [3.05, 3.63) is 83.4 Å². The lowest BCUT2D eigenvalue weighted by atomic mass is 10.0. The summed E-state index contributed by atoms with van der Waals surface area (Å²) in [4.78, 5) is 43.6. The molecular formula is C24H24N6O3. The predicted molar refractivity (Wildman–Crippen MR) is 119 cm³/mol. The Morgan fingerprint density at radius 3 is 2.48 bits per heavy atom. The van der Waals surface area contributed by atoms with Crippen molar-refractivity contribution in [2.24, 2.45) is 0 Å². The van der Waals surface area contributed by atoms with Crippen LogP contribution in [0.15, 0.2) is 61.2 Å². The SMILES string of the molecule is O=C(CNC(=O)C1c2ccccc2C(=O)N1C1CC1)NCc1ccc(Cn2cncn2)cc1. The van der Waals surface area contributed by atoms with Crippen LogP contribution in [0, 0.1) is 0 Å². The van der Waals surface area contributed by atoms with Crippen LogP contribution < -0.4 is 10.6 Å². The number of carbonyl (C=O) groups is 3. The molecule has 1 saturated carbocycles. The molecule has 3 amide bonds. The van der Waals surface area contributed by atoms with E-state index in [1.807, 2.05) is 36.4 Å². The number of nitrogens with zero attached hydrogens (tertiary/aromatic N) is 4. The summed E-state index contributed by atoms with van der Waals surface area (Å²) in [7, 11) is 0. The molecule has 0 bridgehead atoms. The molecule has 1 aromatic heterocycles. The van der Waals surface area contributed by atoms with Gasteiger partial charge in [0.15, 0.2) is 0 Å². The van der Waals surface area contributed by atoms with Crippen LogP contribution in [0.5, 0.6) is 0 Å². The average molecular weight is 444 g/mol. The quantitative estimate of drug-likeness (QED) is 0.546. The van der Waals surface area contributed by atoms with Gasteiger partial charge in [0.1, 0.15) is 18.7 Å². The highest BCUT2D eigenvalue weighted by Crippen LogP contribution is 2.41. The molecule has 168 valence electrons. The summed E-state index contributed by atoms with van der Waals surface area (Å²) in [6.45, 7) is 0.842. The maximum Gasteiger partial charge on any atom is 0.255 e. The number of hydrogen-bond donors (Lipinski definition) is 2. The monoisotopic (exact) mass is 444 g/mol. The van der Waals surface area contributed by atoms with Crippen LogP contribution in [0.3, 0.4) is 0 Å². The first-order chi connectivity index (χ1) is 16.1. The highest BCUT2D eigenvalue weighted by atomic mass is 16.2. The summed E-state index contributed by atoms with van der Waals surface area (Å²) >= 11 is 0. The number of benzene rings is 2. The van der Waals surface area contributed by atoms with Gasteiger partial charge in [0.05, 0.1) is 13.1 Å². The van der Waals surface area contributed by atoms with Gasteiger partial charge in [0, 0.05) is 18.2 Å². The maximum absolute atomic E-state index is 12.9. The lowest BCUT2D eigenvalue weighted by Gasteiger charge is -2.24. The topological polar surface area (TPSA) is 109 Å². The fraction of sp³-hybridized carbons (Fsp3) is 0.292. The molecule has 5 rings (SSSR count). The average Bonchev–Trinajstić information content (AvgIpc) is 3.46. The lowest BCUT2D eigenvalue weighted by molar-refractivity contribution is -0.129. The van der Waals surface area contributed by atoms with E-state index in [2.05, 4.69) is 20.7 Å².